The fourth-order valence-corrected chi connectivity index (χ4v) is 11.8. The molecule has 5 heteroatoms. The van der Waals surface area contributed by atoms with Crippen LogP contribution in [-0.2, 0) is 4.74 Å². The maximum absolute atomic E-state index is 16.4. The Balaban J connectivity index is 1.14. The molecule has 0 spiro atoms. The van der Waals surface area contributed by atoms with Crippen molar-refractivity contribution in [3.8, 4) is 0 Å². The van der Waals surface area contributed by atoms with Gasteiger partial charge in [0, 0.05) is 48.9 Å². The van der Waals surface area contributed by atoms with E-state index in [-0.39, 0.29) is 11.5 Å². The number of nitrogens with zero attached hydrogens (tertiary/aromatic N) is 2. The first-order valence-corrected chi connectivity index (χ1v) is 18.0. The minimum absolute atomic E-state index is 0.0650. The van der Waals surface area contributed by atoms with Crippen LogP contribution in [0, 0.1) is 41.4 Å². The van der Waals surface area contributed by atoms with Crippen molar-refractivity contribution in [1.82, 2.24) is 9.80 Å². The van der Waals surface area contributed by atoms with Crippen LogP contribution in [0.15, 0.2) is 12.2 Å². The number of likely N-dealkylation sites (N-methyl/N-ethyl adjacent to an activating group) is 1. The lowest BCUT2D eigenvalue weighted by Gasteiger charge is -2.58. The van der Waals surface area contributed by atoms with E-state index < -0.39 is 6.17 Å². The van der Waals surface area contributed by atoms with Crippen molar-refractivity contribution in [1.29, 1.82) is 0 Å². The number of ether oxygens (including phenoxy) is 1. The first kappa shape index (κ1) is 27.8. The van der Waals surface area contributed by atoms with Crippen molar-refractivity contribution < 1.29 is 9.13 Å². The molecular formula is C34H54BrFN2O. The van der Waals surface area contributed by atoms with Gasteiger partial charge in [0.05, 0.1) is 11.7 Å². The van der Waals surface area contributed by atoms with Gasteiger partial charge in [-0.05, 0) is 107 Å². The summed E-state index contributed by atoms with van der Waals surface area (Å²) in [5, 5.41) is 0. The Labute approximate surface area is 246 Å². The summed E-state index contributed by atoms with van der Waals surface area (Å²) < 4.78 is 23.9. The Bertz CT molecular complexity index is 869. The molecule has 7 aliphatic rings. The summed E-state index contributed by atoms with van der Waals surface area (Å²) in [6.07, 6.45) is 23.3. The zero-order chi connectivity index (χ0) is 26.6. The second-order valence-corrected chi connectivity index (χ2v) is 16.4. The highest BCUT2D eigenvalue weighted by atomic mass is 79.9. The maximum atomic E-state index is 16.4. The van der Waals surface area contributed by atoms with E-state index in [0.29, 0.717) is 28.7 Å². The van der Waals surface area contributed by atoms with Crippen molar-refractivity contribution in [3.05, 3.63) is 12.2 Å². The summed E-state index contributed by atoms with van der Waals surface area (Å²) in [7, 11) is 2.26. The van der Waals surface area contributed by atoms with Gasteiger partial charge in [0.25, 0.3) is 0 Å². The zero-order valence-electron chi connectivity index (χ0n) is 24.5. The Morgan fingerprint density at radius 2 is 1.54 bits per heavy atom. The van der Waals surface area contributed by atoms with Crippen LogP contribution in [-0.4, -0.2) is 71.8 Å². The van der Waals surface area contributed by atoms with Crippen molar-refractivity contribution in [2.75, 3.05) is 33.2 Å². The van der Waals surface area contributed by atoms with Crippen LogP contribution < -0.4 is 0 Å². The topological polar surface area (TPSA) is 15.7 Å². The summed E-state index contributed by atoms with van der Waals surface area (Å²) in [5.41, 5.74) is -0.366. The van der Waals surface area contributed by atoms with E-state index >= 15 is 4.39 Å². The average molecular weight is 606 g/mol. The molecule has 7 rings (SSSR count). The molecule has 2 heterocycles. The van der Waals surface area contributed by atoms with E-state index in [9.17, 15) is 0 Å². The van der Waals surface area contributed by atoms with E-state index in [1.54, 1.807) is 0 Å². The molecule has 3 nitrogen and oxygen atoms in total. The van der Waals surface area contributed by atoms with Gasteiger partial charge in [0.15, 0.2) is 0 Å². The highest BCUT2D eigenvalue weighted by molar-refractivity contribution is 9.09. The third-order valence-electron chi connectivity index (χ3n) is 13.2. The molecular weight excluding hydrogens is 551 g/mol. The molecule has 6 fully saturated rings. The van der Waals surface area contributed by atoms with Gasteiger partial charge in [0.2, 0.25) is 0 Å². The molecule has 2 aliphatic heterocycles. The number of alkyl halides is 2. The molecule has 10 atom stereocenters. The van der Waals surface area contributed by atoms with E-state index in [1.807, 2.05) is 0 Å². The summed E-state index contributed by atoms with van der Waals surface area (Å²) >= 11 is 3.93. The van der Waals surface area contributed by atoms with Crippen molar-refractivity contribution >= 4 is 15.9 Å². The SMILES string of the molecule is CN1CCN(C2CCC(C3(C4CC5CCCCC5CC4F)C=CC4C(CCC5CC(Br)CCC54)O3)CC2)CC1. The van der Waals surface area contributed by atoms with Crippen LogP contribution in [0.4, 0.5) is 4.39 Å². The molecule has 0 aromatic rings. The summed E-state index contributed by atoms with van der Waals surface area (Å²) in [4.78, 5) is 5.94. The fraction of sp³-hybridized carbons (Fsp3) is 0.941. The van der Waals surface area contributed by atoms with Gasteiger partial charge in [-0.3, -0.25) is 4.90 Å². The van der Waals surface area contributed by atoms with E-state index in [4.69, 9.17) is 4.74 Å². The fourth-order valence-electron chi connectivity index (χ4n) is 11.0. The van der Waals surface area contributed by atoms with Crippen LogP contribution in [0.25, 0.3) is 0 Å². The van der Waals surface area contributed by atoms with Crippen molar-refractivity contribution in [3.63, 3.8) is 0 Å². The molecule has 0 N–H and O–H groups in total. The molecule has 5 saturated carbocycles. The minimum Gasteiger partial charge on any atom is -0.366 e. The molecule has 0 radical (unpaired) electrons. The van der Waals surface area contributed by atoms with Gasteiger partial charge in [-0.15, -0.1) is 0 Å². The predicted octanol–water partition coefficient (Wildman–Crippen LogP) is 7.63. The van der Waals surface area contributed by atoms with E-state index in [1.165, 1.54) is 110 Å². The van der Waals surface area contributed by atoms with E-state index in [2.05, 4.69) is 44.9 Å². The molecule has 0 bridgehead atoms. The first-order chi connectivity index (χ1) is 19.0. The molecule has 0 aromatic heterocycles. The Morgan fingerprint density at radius 3 is 2.31 bits per heavy atom. The maximum Gasteiger partial charge on any atom is 0.106 e. The van der Waals surface area contributed by atoms with Crippen molar-refractivity contribution in [2.45, 2.75) is 125 Å². The quantitative estimate of drug-likeness (QED) is 0.243. The molecule has 5 aliphatic carbocycles. The number of halogens is 2. The molecule has 1 saturated heterocycles. The second kappa shape index (κ2) is 11.6. The van der Waals surface area contributed by atoms with Crippen molar-refractivity contribution in [2.24, 2.45) is 41.4 Å². The van der Waals surface area contributed by atoms with Crippen LogP contribution >= 0.6 is 15.9 Å². The second-order valence-electron chi connectivity index (χ2n) is 15.1. The smallest absolute Gasteiger partial charge is 0.106 e. The minimum atomic E-state index is -0.693. The third kappa shape index (κ3) is 5.35. The normalized spacial score (nSPS) is 51.5. The number of fused-ring (bicyclic) bond motifs is 4. The van der Waals surface area contributed by atoms with Gasteiger partial charge in [-0.2, -0.15) is 0 Å². The number of rotatable bonds is 3. The molecule has 10 unspecified atom stereocenters. The number of hydrogen-bond acceptors (Lipinski definition) is 3. The first-order valence-electron chi connectivity index (χ1n) is 17.1. The molecule has 0 amide bonds. The highest BCUT2D eigenvalue weighted by Crippen LogP contribution is 2.57. The molecule has 0 aromatic carbocycles. The lowest BCUT2D eigenvalue weighted by molar-refractivity contribution is -0.201. The lowest BCUT2D eigenvalue weighted by Crippen LogP contribution is -2.59. The summed E-state index contributed by atoms with van der Waals surface area (Å²) in [5.74, 6) is 4.08. The average Bonchev–Trinajstić information content (AvgIpc) is 2.97. The monoisotopic (exact) mass is 604 g/mol. The van der Waals surface area contributed by atoms with Crippen LogP contribution in [0.2, 0.25) is 0 Å². The zero-order valence-corrected chi connectivity index (χ0v) is 26.1. The molecule has 39 heavy (non-hydrogen) atoms. The number of hydrogen-bond donors (Lipinski definition) is 0. The Hall–Kier alpha value is 0.0300. The van der Waals surface area contributed by atoms with Crippen LogP contribution in [0.5, 0.6) is 0 Å². The van der Waals surface area contributed by atoms with Gasteiger partial charge < -0.3 is 9.64 Å². The summed E-state index contributed by atoms with van der Waals surface area (Å²) in [6, 6.07) is 0.720. The van der Waals surface area contributed by atoms with Gasteiger partial charge >= 0.3 is 0 Å². The summed E-state index contributed by atoms with van der Waals surface area (Å²) in [6.45, 7) is 4.83. The standard InChI is InChI=1S/C34H54BrFN2O/c1-37-16-18-38(19-17-37)28-10-7-26(8-11-28)34(31-21-23-4-2-3-5-24(23)22-32(31)36)15-14-30-29-12-9-27(35)20-25(29)6-13-33(30)39-34/h14-15,23-33H,2-13,16-22H2,1H3. The van der Waals surface area contributed by atoms with Crippen LogP contribution in [0.3, 0.4) is 0 Å². The van der Waals surface area contributed by atoms with Crippen LogP contribution in [0.1, 0.15) is 96.3 Å². The Morgan fingerprint density at radius 1 is 0.795 bits per heavy atom. The largest absolute Gasteiger partial charge is 0.366 e. The lowest BCUT2D eigenvalue weighted by atomic mass is 9.57. The number of piperazine rings is 1. The molecule has 220 valence electrons. The van der Waals surface area contributed by atoms with E-state index in [0.717, 1.165) is 36.6 Å². The van der Waals surface area contributed by atoms with Gasteiger partial charge in [0.1, 0.15) is 6.17 Å². The Kier molecular flexibility index (Phi) is 8.28. The third-order valence-corrected chi connectivity index (χ3v) is 14.0. The van der Waals surface area contributed by atoms with Gasteiger partial charge in [-0.1, -0.05) is 53.8 Å². The highest BCUT2D eigenvalue weighted by Gasteiger charge is 2.57. The predicted molar refractivity (Wildman–Crippen MR) is 161 cm³/mol. The van der Waals surface area contributed by atoms with Gasteiger partial charge in [-0.25, -0.2) is 4.39 Å².